The highest BCUT2D eigenvalue weighted by molar-refractivity contribution is 5.15. The van der Waals surface area contributed by atoms with Crippen LogP contribution < -0.4 is 5.43 Å². The number of hydrogen-bond acceptors (Lipinski definition) is 2. The highest BCUT2D eigenvalue weighted by Crippen LogP contribution is 2.15. The SMILES string of the molecule is Cc1ccc(C)n1NCC1CCN(C)CC1. The number of nitrogens with zero attached hydrogens (tertiary/aromatic N) is 2. The van der Waals surface area contributed by atoms with Gasteiger partial charge in [0.05, 0.1) is 0 Å². The molecule has 0 bridgehead atoms. The molecule has 2 rings (SSSR count). The summed E-state index contributed by atoms with van der Waals surface area (Å²) in [4.78, 5) is 2.42. The minimum atomic E-state index is 0.831. The molecule has 0 spiro atoms. The highest BCUT2D eigenvalue weighted by Gasteiger charge is 2.16. The molecule has 3 heteroatoms. The Labute approximate surface area is 98.4 Å². The van der Waals surface area contributed by atoms with Crippen molar-refractivity contribution in [3.8, 4) is 0 Å². The second kappa shape index (κ2) is 4.91. The van der Waals surface area contributed by atoms with E-state index in [0.29, 0.717) is 0 Å². The van der Waals surface area contributed by atoms with Crippen LogP contribution in [0.15, 0.2) is 12.1 Å². The molecule has 0 radical (unpaired) electrons. The van der Waals surface area contributed by atoms with Crippen LogP contribution in [0.25, 0.3) is 0 Å². The first-order chi connectivity index (χ1) is 7.66. The van der Waals surface area contributed by atoms with E-state index in [4.69, 9.17) is 0 Å². The maximum absolute atomic E-state index is 3.54. The highest BCUT2D eigenvalue weighted by atomic mass is 15.4. The van der Waals surface area contributed by atoms with Crippen molar-refractivity contribution in [2.75, 3.05) is 32.1 Å². The van der Waals surface area contributed by atoms with Crippen molar-refractivity contribution in [3.05, 3.63) is 23.5 Å². The third-order valence-electron chi connectivity index (χ3n) is 3.65. The number of aryl methyl sites for hydroxylation is 2. The summed E-state index contributed by atoms with van der Waals surface area (Å²) in [6.07, 6.45) is 2.64. The van der Waals surface area contributed by atoms with Gasteiger partial charge in [-0.15, -0.1) is 0 Å². The minimum Gasteiger partial charge on any atom is -0.326 e. The summed E-state index contributed by atoms with van der Waals surface area (Å²) in [5.41, 5.74) is 6.14. The van der Waals surface area contributed by atoms with Crippen molar-refractivity contribution in [3.63, 3.8) is 0 Å². The Morgan fingerprint density at radius 3 is 2.31 bits per heavy atom. The van der Waals surface area contributed by atoms with Crippen LogP contribution in [-0.2, 0) is 0 Å². The van der Waals surface area contributed by atoms with E-state index < -0.39 is 0 Å². The van der Waals surface area contributed by atoms with Gasteiger partial charge in [0.1, 0.15) is 0 Å². The van der Waals surface area contributed by atoms with Crippen LogP contribution in [0.3, 0.4) is 0 Å². The quantitative estimate of drug-likeness (QED) is 0.842. The maximum atomic E-state index is 3.54. The molecule has 90 valence electrons. The van der Waals surface area contributed by atoms with E-state index in [2.05, 4.69) is 48.0 Å². The van der Waals surface area contributed by atoms with E-state index >= 15 is 0 Å². The van der Waals surface area contributed by atoms with E-state index in [1.54, 1.807) is 0 Å². The van der Waals surface area contributed by atoms with Crippen LogP contribution in [0, 0.1) is 19.8 Å². The van der Waals surface area contributed by atoms with Gasteiger partial charge in [0.2, 0.25) is 0 Å². The molecule has 1 aromatic rings. The topological polar surface area (TPSA) is 20.2 Å². The molecule has 1 saturated heterocycles. The van der Waals surface area contributed by atoms with E-state index in [-0.39, 0.29) is 0 Å². The first-order valence-corrected chi connectivity index (χ1v) is 6.24. The van der Waals surface area contributed by atoms with Crippen molar-refractivity contribution in [1.29, 1.82) is 0 Å². The first-order valence-electron chi connectivity index (χ1n) is 6.24. The molecule has 0 aromatic carbocycles. The summed E-state index contributed by atoms with van der Waals surface area (Å²) in [7, 11) is 2.21. The van der Waals surface area contributed by atoms with E-state index in [1.807, 2.05) is 0 Å². The van der Waals surface area contributed by atoms with Gasteiger partial charge in [-0.05, 0) is 64.9 Å². The fourth-order valence-electron chi connectivity index (χ4n) is 2.40. The molecule has 1 fully saturated rings. The number of likely N-dealkylation sites (tertiary alicyclic amines) is 1. The van der Waals surface area contributed by atoms with E-state index in [1.165, 1.54) is 37.3 Å². The molecule has 1 aliphatic heterocycles. The molecule has 1 N–H and O–H groups in total. The fraction of sp³-hybridized carbons (Fsp3) is 0.692. The van der Waals surface area contributed by atoms with Crippen LogP contribution in [-0.4, -0.2) is 36.3 Å². The van der Waals surface area contributed by atoms with Crippen LogP contribution in [0.4, 0.5) is 0 Å². The van der Waals surface area contributed by atoms with Gasteiger partial charge < -0.3 is 10.3 Å². The molecular weight excluding hydrogens is 198 g/mol. The predicted octanol–water partition coefficient (Wildman–Crippen LogP) is 1.99. The number of nitrogens with one attached hydrogen (secondary N) is 1. The third-order valence-corrected chi connectivity index (χ3v) is 3.65. The van der Waals surface area contributed by atoms with Gasteiger partial charge in [0, 0.05) is 17.9 Å². The standard InChI is InChI=1S/C13H23N3/c1-11-4-5-12(2)16(11)14-10-13-6-8-15(3)9-7-13/h4-5,13-14H,6-10H2,1-3H3. The zero-order chi connectivity index (χ0) is 11.5. The van der Waals surface area contributed by atoms with Crippen LogP contribution in [0.2, 0.25) is 0 Å². The van der Waals surface area contributed by atoms with Crippen LogP contribution in [0.5, 0.6) is 0 Å². The average Bonchev–Trinajstić information content (AvgIpc) is 2.59. The Kier molecular flexibility index (Phi) is 3.54. The Balaban J connectivity index is 1.83. The molecule has 16 heavy (non-hydrogen) atoms. The molecule has 3 nitrogen and oxygen atoms in total. The maximum Gasteiger partial charge on any atom is 0.0366 e. The lowest BCUT2D eigenvalue weighted by Crippen LogP contribution is -2.34. The smallest absolute Gasteiger partial charge is 0.0366 e. The normalized spacial score (nSPS) is 18.9. The fourth-order valence-corrected chi connectivity index (χ4v) is 2.40. The molecule has 0 saturated carbocycles. The molecule has 0 amide bonds. The van der Waals surface area contributed by atoms with Gasteiger partial charge in [-0.3, -0.25) is 4.68 Å². The summed E-state index contributed by atoms with van der Waals surface area (Å²) in [6.45, 7) is 7.89. The first kappa shape index (κ1) is 11.5. The molecule has 1 aliphatic rings. The van der Waals surface area contributed by atoms with Gasteiger partial charge in [-0.1, -0.05) is 0 Å². The third kappa shape index (κ3) is 2.59. The molecule has 2 heterocycles. The largest absolute Gasteiger partial charge is 0.326 e. The molecule has 0 aliphatic carbocycles. The Hall–Kier alpha value is -0.960. The number of hydrogen-bond donors (Lipinski definition) is 1. The van der Waals surface area contributed by atoms with Crippen LogP contribution in [0.1, 0.15) is 24.2 Å². The van der Waals surface area contributed by atoms with Gasteiger partial charge >= 0.3 is 0 Å². The molecule has 0 unspecified atom stereocenters. The zero-order valence-electron chi connectivity index (χ0n) is 10.7. The van der Waals surface area contributed by atoms with Gasteiger partial charge in [-0.25, -0.2) is 0 Å². The zero-order valence-corrected chi connectivity index (χ0v) is 10.7. The lowest BCUT2D eigenvalue weighted by atomic mass is 9.97. The van der Waals surface area contributed by atoms with Gasteiger partial charge in [0.25, 0.3) is 0 Å². The Morgan fingerprint density at radius 1 is 1.19 bits per heavy atom. The van der Waals surface area contributed by atoms with Crippen molar-refractivity contribution in [1.82, 2.24) is 9.58 Å². The summed E-state index contributed by atoms with van der Waals surface area (Å²) >= 11 is 0. The second-order valence-electron chi connectivity index (χ2n) is 5.06. The number of rotatable bonds is 3. The predicted molar refractivity (Wildman–Crippen MR) is 68.4 cm³/mol. The Bertz CT molecular complexity index is 315. The van der Waals surface area contributed by atoms with E-state index in [9.17, 15) is 0 Å². The van der Waals surface area contributed by atoms with Gasteiger partial charge in [-0.2, -0.15) is 0 Å². The van der Waals surface area contributed by atoms with Crippen LogP contribution >= 0.6 is 0 Å². The summed E-state index contributed by atoms with van der Waals surface area (Å²) in [5, 5.41) is 0. The number of aromatic nitrogens is 1. The van der Waals surface area contributed by atoms with Crippen molar-refractivity contribution in [2.45, 2.75) is 26.7 Å². The monoisotopic (exact) mass is 221 g/mol. The Morgan fingerprint density at radius 2 is 1.75 bits per heavy atom. The summed E-state index contributed by atoms with van der Waals surface area (Å²) in [6, 6.07) is 4.33. The van der Waals surface area contributed by atoms with Crippen molar-refractivity contribution in [2.24, 2.45) is 5.92 Å². The molecule has 0 atom stereocenters. The van der Waals surface area contributed by atoms with E-state index in [0.717, 1.165) is 12.5 Å². The summed E-state index contributed by atoms with van der Waals surface area (Å²) in [5.74, 6) is 0.831. The lowest BCUT2D eigenvalue weighted by Gasteiger charge is -2.29. The number of piperidine rings is 1. The van der Waals surface area contributed by atoms with Crippen molar-refractivity contribution >= 4 is 0 Å². The summed E-state index contributed by atoms with van der Waals surface area (Å²) < 4.78 is 2.21. The molecule has 1 aromatic heterocycles. The van der Waals surface area contributed by atoms with Crippen molar-refractivity contribution < 1.29 is 0 Å². The van der Waals surface area contributed by atoms with Gasteiger partial charge in [0.15, 0.2) is 0 Å². The average molecular weight is 221 g/mol. The lowest BCUT2D eigenvalue weighted by molar-refractivity contribution is 0.224. The molecular formula is C13H23N3. The minimum absolute atomic E-state index is 0.831. The second-order valence-corrected chi connectivity index (χ2v) is 5.06.